The predicted molar refractivity (Wildman–Crippen MR) is 105 cm³/mol. The van der Waals surface area contributed by atoms with Crippen LogP contribution in [0.2, 0.25) is 0 Å². The molecule has 0 radical (unpaired) electrons. The number of nitrogen functional groups attached to an aromatic ring is 1. The number of aromatic amines is 1. The monoisotopic (exact) mass is 356 g/mol. The minimum atomic E-state index is 0.418. The molecule has 0 saturated carbocycles. The van der Waals surface area contributed by atoms with Gasteiger partial charge in [0.1, 0.15) is 28.8 Å². The lowest BCUT2D eigenvalue weighted by Gasteiger charge is -2.08. The van der Waals surface area contributed by atoms with E-state index in [1.165, 1.54) is 0 Å². The molecule has 5 aromatic rings. The van der Waals surface area contributed by atoms with Gasteiger partial charge in [0.2, 0.25) is 0 Å². The Hall–Kier alpha value is -3.94. The summed E-state index contributed by atoms with van der Waals surface area (Å²) in [5.74, 6) is 2.38. The number of fused-ring (bicyclic) bond motifs is 2. The van der Waals surface area contributed by atoms with Crippen molar-refractivity contribution in [2.24, 2.45) is 0 Å². The number of rotatable bonds is 3. The van der Waals surface area contributed by atoms with E-state index in [9.17, 15) is 0 Å². The van der Waals surface area contributed by atoms with E-state index in [0.717, 1.165) is 22.4 Å². The Labute approximate surface area is 154 Å². The highest BCUT2D eigenvalue weighted by molar-refractivity contribution is 5.81. The van der Waals surface area contributed by atoms with Crippen LogP contribution in [0.25, 0.3) is 28.1 Å². The Morgan fingerprint density at radius 2 is 1.96 bits per heavy atom. The number of nitrogens with two attached hydrogens (primary N) is 1. The fourth-order valence-corrected chi connectivity index (χ4v) is 3.17. The van der Waals surface area contributed by atoms with Gasteiger partial charge in [-0.05, 0) is 37.3 Å². The first-order valence-electron chi connectivity index (χ1n) is 8.47. The summed E-state index contributed by atoms with van der Waals surface area (Å²) in [4.78, 5) is 21.2. The molecule has 5 heterocycles. The number of aromatic nitrogens is 6. The van der Waals surface area contributed by atoms with Crippen LogP contribution in [0.15, 0.2) is 54.9 Å². The first-order valence-corrected chi connectivity index (χ1v) is 8.47. The van der Waals surface area contributed by atoms with E-state index in [4.69, 9.17) is 10.7 Å². The van der Waals surface area contributed by atoms with Crippen LogP contribution in [-0.2, 0) is 0 Å². The molecule has 0 amide bonds. The number of H-pyrrole nitrogens is 1. The van der Waals surface area contributed by atoms with Crippen LogP contribution in [-0.4, -0.2) is 29.3 Å². The number of pyridine rings is 2. The smallest absolute Gasteiger partial charge is 0.160 e. The molecular formula is C19H16N8. The van der Waals surface area contributed by atoms with E-state index < -0.39 is 0 Å². The van der Waals surface area contributed by atoms with Gasteiger partial charge in [0.25, 0.3) is 0 Å². The van der Waals surface area contributed by atoms with Crippen molar-refractivity contribution in [1.82, 2.24) is 29.3 Å². The van der Waals surface area contributed by atoms with Gasteiger partial charge in [-0.25, -0.2) is 19.9 Å². The lowest BCUT2D eigenvalue weighted by Crippen LogP contribution is -2.01. The molecule has 5 aromatic heterocycles. The Bertz CT molecular complexity index is 1260. The summed E-state index contributed by atoms with van der Waals surface area (Å²) in [7, 11) is 0. The quantitative estimate of drug-likeness (QED) is 0.457. The fraction of sp³-hybridized carbons (Fsp3) is 0.0526. The summed E-state index contributed by atoms with van der Waals surface area (Å²) < 4.78 is 1.97. The molecule has 8 heteroatoms. The highest BCUT2D eigenvalue weighted by atomic mass is 15.1. The zero-order valence-electron chi connectivity index (χ0n) is 14.5. The number of anilines is 3. The average Bonchev–Trinajstić information content (AvgIpc) is 3.24. The van der Waals surface area contributed by atoms with Gasteiger partial charge in [-0.3, -0.25) is 4.40 Å². The molecule has 0 atom stereocenters. The Kier molecular flexibility index (Phi) is 3.29. The number of nitrogens with one attached hydrogen (secondary N) is 2. The minimum absolute atomic E-state index is 0.418. The first kappa shape index (κ1) is 15.3. The first-order chi connectivity index (χ1) is 13.2. The van der Waals surface area contributed by atoms with Crippen LogP contribution in [0.3, 0.4) is 0 Å². The average molecular weight is 356 g/mol. The fourth-order valence-electron chi connectivity index (χ4n) is 3.17. The molecule has 132 valence electrons. The Morgan fingerprint density at radius 1 is 1.04 bits per heavy atom. The van der Waals surface area contributed by atoms with Crippen molar-refractivity contribution >= 4 is 34.1 Å². The summed E-state index contributed by atoms with van der Waals surface area (Å²) in [6.07, 6.45) is 3.81. The molecule has 0 bridgehead atoms. The second kappa shape index (κ2) is 5.80. The van der Waals surface area contributed by atoms with Crippen LogP contribution < -0.4 is 11.1 Å². The van der Waals surface area contributed by atoms with Crippen molar-refractivity contribution < 1.29 is 0 Å². The van der Waals surface area contributed by atoms with Crippen molar-refractivity contribution in [3.05, 3.63) is 60.7 Å². The van der Waals surface area contributed by atoms with Gasteiger partial charge in [0, 0.05) is 18.5 Å². The molecule has 0 aliphatic heterocycles. The van der Waals surface area contributed by atoms with Gasteiger partial charge < -0.3 is 16.0 Å². The summed E-state index contributed by atoms with van der Waals surface area (Å²) in [5.41, 5.74) is 10.1. The predicted octanol–water partition coefficient (Wildman–Crippen LogP) is 3.30. The molecule has 0 saturated heterocycles. The molecule has 27 heavy (non-hydrogen) atoms. The maximum Gasteiger partial charge on any atom is 0.160 e. The van der Waals surface area contributed by atoms with Crippen molar-refractivity contribution in [2.45, 2.75) is 6.92 Å². The van der Waals surface area contributed by atoms with Crippen molar-refractivity contribution in [1.29, 1.82) is 0 Å². The van der Waals surface area contributed by atoms with Gasteiger partial charge in [0.05, 0.1) is 16.7 Å². The lowest BCUT2D eigenvalue weighted by molar-refractivity contribution is 1.05. The SMILES string of the molecule is Cc1nc(N)cc(-c2c(Nc3ccc4[nH]ccc4n3)nc3ccccn23)n1. The van der Waals surface area contributed by atoms with E-state index >= 15 is 0 Å². The van der Waals surface area contributed by atoms with Gasteiger partial charge in [-0.15, -0.1) is 0 Å². The third kappa shape index (κ3) is 2.63. The number of hydrogen-bond donors (Lipinski definition) is 3. The molecule has 0 fully saturated rings. The van der Waals surface area contributed by atoms with E-state index in [-0.39, 0.29) is 0 Å². The molecule has 5 rings (SSSR count). The zero-order valence-corrected chi connectivity index (χ0v) is 14.5. The van der Waals surface area contributed by atoms with Gasteiger partial charge in [-0.2, -0.15) is 0 Å². The van der Waals surface area contributed by atoms with E-state index in [1.807, 2.05) is 60.1 Å². The van der Waals surface area contributed by atoms with E-state index in [0.29, 0.717) is 29.0 Å². The Balaban J connectivity index is 1.69. The Morgan fingerprint density at radius 3 is 2.85 bits per heavy atom. The lowest BCUT2D eigenvalue weighted by atomic mass is 10.2. The van der Waals surface area contributed by atoms with Gasteiger partial charge >= 0.3 is 0 Å². The molecule has 0 spiro atoms. The summed E-state index contributed by atoms with van der Waals surface area (Å²) >= 11 is 0. The molecular weight excluding hydrogens is 340 g/mol. The highest BCUT2D eigenvalue weighted by Gasteiger charge is 2.17. The maximum atomic E-state index is 5.95. The molecule has 0 unspecified atom stereocenters. The van der Waals surface area contributed by atoms with Crippen LogP contribution in [0, 0.1) is 6.92 Å². The molecule has 8 nitrogen and oxygen atoms in total. The minimum Gasteiger partial charge on any atom is -0.384 e. The van der Waals surface area contributed by atoms with Crippen molar-refractivity contribution in [3.63, 3.8) is 0 Å². The van der Waals surface area contributed by atoms with Crippen LogP contribution in [0.5, 0.6) is 0 Å². The summed E-state index contributed by atoms with van der Waals surface area (Å²) in [5, 5.41) is 3.32. The van der Waals surface area contributed by atoms with Crippen LogP contribution in [0.4, 0.5) is 17.5 Å². The van der Waals surface area contributed by atoms with Crippen molar-refractivity contribution in [3.8, 4) is 11.4 Å². The van der Waals surface area contributed by atoms with Crippen LogP contribution in [0.1, 0.15) is 5.82 Å². The maximum absolute atomic E-state index is 5.95. The van der Waals surface area contributed by atoms with E-state index in [1.54, 1.807) is 6.07 Å². The second-order valence-corrected chi connectivity index (χ2v) is 6.20. The molecule has 0 aliphatic rings. The van der Waals surface area contributed by atoms with Gasteiger partial charge in [0.15, 0.2) is 5.82 Å². The van der Waals surface area contributed by atoms with Gasteiger partial charge in [-0.1, -0.05) is 6.07 Å². The largest absolute Gasteiger partial charge is 0.384 e. The summed E-state index contributed by atoms with van der Waals surface area (Å²) in [6.45, 7) is 1.82. The number of hydrogen-bond acceptors (Lipinski definition) is 6. The van der Waals surface area contributed by atoms with Crippen LogP contribution >= 0.6 is 0 Å². The molecule has 0 aliphatic carbocycles. The number of nitrogens with zero attached hydrogens (tertiary/aromatic N) is 5. The van der Waals surface area contributed by atoms with Crippen molar-refractivity contribution in [2.75, 3.05) is 11.1 Å². The standard InChI is InChI=1S/C19H16N8/c1-11-22-14(10-15(20)23-11)18-19(26-17-4-2-3-9-27(17)18)25-16-6-5-12-13(24-16)7-8-21-12/h2-10,21H,1H3,(H,24,25)(H2,20,22,23). The zero-order chi connectivity index (χ0) is 18.4. The highest BCUT2D eigenvalue weighted by Crippen LogP contribution is 2.30. The molecule has 0 aromatic carbocycles. The third-order valence-corrected chi connectivity index (χ3v) is 4.28. The van der Waals surface area contributed by atoms with E-state index in [2.05, 4.69) is 25.3 Å². The summed E-state index contributed by atoms with van der Waals surface area (Å²) in [6, 6.07) is 13.4. The number of imidazole rings is 1. The molecule has 4 N–H and O–H groups in total. The normalized spacial score (nSPS) is 11.3. The topological polar surface area (TPSA) is 110 Å². The second-order valence-electron chi connectivity index (χ2n) is 6.20. The third-order valence-electron chi connectivity index (χ3n) is 4.28. The number of aryl methyl sites for hydroxylation is 1.